The van der Waals surface area contributed by atoms with Gasteiger partial charge in [0, 0.05) is 28.6 Å². The second-order valence-corrected chi connectivity index (χ2v) is 10.5. The zero-order valence-electron chi connectivity index (χ0n) is 22.5. The first-order valence-corrected chi connectivity index (χ1v) is 12.9. The van der Waals surface area contributed by atoms with E-state index in [9.17, 15) is 9.59 Å². The van der Waals surface area contributed by atoms with Crippen LogP contribution in [0.1, 0.15) is 26.3 Å². The number of amides is 3. The summed E-state index contributed by atoms with van der Waals surface area (Å²) in [6.07, 6.45) is 1.38. The Balaban J connectivity index is 1.30. The first kappa shape index (κ1) is 26.5. The van der Waals surface area contributed by atoms with E-state index in [1.165, 1.54) is 6.34 Å². The number of urea groups is 1. The molecule has 40 heavy (non-hydrogen) atoms. The summed E-state index contributed by atoms with van der Waals surface area (Å²) in [6, 6.07) is 23.4. The number of rotatable bonds is 6. The van der Waals surface area contributed by atoms with Crippen molar-refractivity contribution in [2.75, 3.05) is 17.2 Å². The standard InChI is InChI=1S/C30H31N7O3/c1-30(2,3)36-28(38)24-17-37-26(27(31)32-18-33-37)25(24)19-12-14-20(15-13-19)34-29(39)35-21-8-7-11-23(16-21)40-22-9-5-4-6-10-22/h4-16,18,24H,17H2,1-3H3,(H,36,38)(H2,31,32,33)(H2,34,35,39). The summed E-state index contributed by atoms with van der Waals surface area (Å²) in [5.74, 6) is 1.000. The summed E-state index contributed by atoms with van der Waals surface area (Å²) in [4.78, 5) is 30.1. The van der Waals surface area contributed by atoms with E-state index >= 15 is 0 Å². The zero-order valence-corrected chi connectivity index (χ0v) is 22.5. The summed E-state index contributed by atoms with van der Waals surface area (Å²) < 4.78 is 5.84. The first-order valence-electron chi connectivity index (χ1n) is 12.9. The van der Waals surface area contributed by atoms with Crippen LogP contribution in [0.25, 0.3) is 5.57 Å². The number of aliphatic imine (C=N–C) groups is 1. The van der Waals surface area contributed by atoms with Gasteiger partial charge in [-0.1, -0.05) is 36.4 Å². The molecule has 3 aromatic rings. The van der Waals surface area contributed by atoms with Crippen molar-refractivity contribution < 1.29 is 14.3 Å². The lowest BCUT2D eigenvalue weighted by atomic mass is 9.91. The van der Waals surface area contributed by atoms with Gasteiger partial charge in [0.2, 0.25) is 5.91 Å². The predicted molar refractivity (Wildman–Crippen MR) is 157 cm³/mol. The topological polar surface area (TPSA) is 133 Å². The van der Waals surface area contributed by atoms with E-state index in [1.807, 2.05) is 69.3 Å². The lowest BCUT2D eigenvalue weighted by Crippen LogP contribution is -2.45. The van der Waals surface area contributed by atoms with Gasteiger partial charge in [0.1, 0.15) is 23.5 Å². The van der Waals surface area contributed by atoms with Gasteiger partial charge >= 0.3 is 6.03 Å². The molecule has 0 fully saturated rings. The maximum Gasteiger partial charge on any atom is 0.323 e. The molecule has 2 aliphatic rings. The fourth-order valence-corrected chi connectivity index (χ4v) is 4.54. The summed E-state index contributed by atoms with van der Waals surface area (Å²) >= 11 is 0. The molecule has 3 aromatic carbocycles. The van der Waals surface area contributed by atoms with Crippen LogP contribution in [0.4, 0.5) is 16.2 Å². The Morgan fingerprint density at radius 1 is 0.925 bits per heavy atom. The normalized spacial score (nSPS) is 16.2. The third-order valence-corrected chi connectivity index (χ3v) is 6.19. The fourth-order valence-electron chi connectivity index (χ4n) is 4.54. The maximum atomic E-state index is 13.2. The molecule has 1 atom stereocenters. The molecule has 1 unspecified atom stereocenters. The van der Waals surface area contributed by atoms with Crippen LogP contribution in [0.5, 0.6) is 11.5 Å². The number of carbonyl (C=O) groups excluding carboxylic acids is 2. The van der Waals surface area contributed by atoms with Crippen molar-refractivity contribution in [1.82, 2.24) is 10.3 Å². The SMILES string of the molecule is CC(C)(C)NC(=O)C1CN2N=CN=C(N)C2=C1c1ccc(NC(=O)Nc2cccc(Oc3ccccc3)c2)cc1. The number of fused-ring (bicyclic) bond motifs is 1. The Kier molecular flexibility index (Phi) is 7.24. The number of para-hydroxylation sites is 1. The Hall–Kier alpha value is -5.12. The van der Waals surface area contributed by atoms with Crippen molar-refractivity contribution in [2.24, 2.45) is 21.7 Å². The van der Waals surface area contributed by atoms with Crippen LogP contribution >= 0.6 is 0 Å². The van der Waals surface area contributed by atoms with E-state index < -0.39 is 17.5 Å². The Bertz CT molecular complexity index is 1510. The molecular weight excluding hydrogens is 506 g/mol. The molecule has 5 N–H and O–H groups in total. The van der Waals surface area contributed by atoms with Crippen LogP contribution in [0, 0.1) is 5.92 Å². The summed E-state index contributed by atoms with van der Waals surface area (Å²) in [5.41, 5.74) is 9.13. The lowest BCUT2D eigenvalue weighted by molar-refractivity contribution is -0.124. The largest absolute Gasteiger partial charge is 0.457 e. The van der Waals surface area contributed by atoms with Crippen molar-refractivity contribution in [3.8, 4) is 11.5 Å². The van der Waals surface area contributed by atoms with E-state index in [0.29, 0.717) is 41.0 Å². The smallest absolute Gasteiger partial charge is 0.323 e. The van der Waals surface area contributed by atoms with Gasteiger partial charge in [0.25, 0.3) is 0 Å². The Labute approximate surface area is 232 Å². The van der Waals surface area contributed by atoms with Gasteiger partial charge in [-0.3, -0.25) is 9.80 Å². The number of nitrogens with one attached hydrogen (secondary N) is 3. The third kappa shape index (κ3) is 6.12. The van der Waals surface area contributed by atoms with Crippen molar-refractivity contribution in [1.29, 1.82) is 0 Å². The minimum Gasteiger partial charge on any atom is -0.457 e. The average Bonchev–Trinajstić information content (AvgIpc) is 3.30. The zero-order chi connectivity index (χ0) is 28.3. The number of nitrogens with zero attached hydrogens (tertiary/aromatic N) is 3. The summed E-state index contributed by atoms with van der Waals surface area (Å²) in [5, 5.41) is 14.7. The van der Waals surface area contributed by atoms with Crippen LogP contribution in [0.2, 0.25) is 0 Å². The van der Waals surface area contributed by atoms with Gasteiger partial charge in [-0.2, -0.15) is 5.10 Å². The van der Waals surface area contributed by atoms with Gasteiger partial charge in [-0.15, -0.1) is 0 Å². The Morgan fingerprint density at radius 2 is 1.62 bits per heavy atom. The molecule has 3 amide bonds. The molecular formula is C30H31N7O3. The van der Waals surface area contributed by atoms with Crippen molar-refractivity contribution >= 4 is 41.1 Å². The highest BCUT2D eigenvalue weighted by Gasteiger charge is 2.40. The molecule has 0 spiro atoms. The second kappa shape index (κ2) is 10.9. The molecule has 2 heterocycles. The van der Waals surface area contributed by atoms with Crippen LogP contribution in [0.3, 0.4) is 0 Å². The number of hydrogen-bond acceptors (Lipinski definition) is 7. The third-order valence-electron chi connectivity index (χ3n) is 6.19. The number of anilines is 2. The van der Waals surface area contributed by atoms with E-state index in [1.54, 1.807) is 35.3 Å². The molecule has 5 rings (SSSR count). The minimum atomic E-state index is -0.495. The molecule has 2 aliphatic heterocycles. The molecule has 0 saturated carbocycles. The van der Waals surface area contributed by atoms with Crippen molar-refractivity contribution in [3.63, 3.8) is 0 Å². The lowest BCUT2D eigenvalue weighted by Gasteiger charge is -2.24. The average molecular weight is 538 g/mol. The number of nitrogens with two attached hydrogens (primary N) is 1. The van der Waals surface area contributed by atoms with E-state index in [-0.39, 0.29) is 5.91 Å². The molecule has 0 aromatic heterocycles. The van der Waals surface area contributed by atoms with Crippen LogP contribution in [-0.4, -0.2) is 41.2 Å². The van der Waals surface area contributed by atoms with Gasteiger partial charge in [0.15, 0.2) is 5.84 Å². The number of hydrazone groups is 1. The maximum absolute atomic E-state index is 13.2. The predicted octanol–water partition coefficient (Wildman–Crippen LogP) is 4.99. The van der Waals surface area contributed by atoms with Gasteiger partial charge in [0.05, 0.1) is 12.5 Å². The van der Waals surface area contributed by atoms with Crippen molar-refractivity contribution in [2.45, 2.75) is 26.3 Å². The van der Waals surface area contributed by atoms with E-state index in [2.05, 4.69) is 26.0 Å². The summed E-state index contributed by atoms with van der Waals surface area (Å²) in [7, 11) is 0. The summed E-state index contributed by atoms with van der Waals surface area (Å²) in [6.45, 7) is 6.17. The molecule has 204 valence electrons. The number of amidine groups is 1. The number of benzene rings is 3. The van der Waals surface area contributed by atoms with Crippen molar-refractivity contribution in [3.05, 3.63) is 90.1 Å². The number of hydrogen-bond donors (Lipinski definition) is 4. The molecule has 0 radical (unpaired) electrons. The van der Waals surface area contributed by atoms with Crippen LogP contribution in [-0.2, 0) is 4.79 Å². The highest BCUT2D eigenvalue weighted by atomic mass is 16.5. The quantitative estimate of drug-likeness (QED) is 0.351. The van der Waals surface area contributed by atoms with Crippen LogP contribution in [0.15, 0.2) is 94.7 Å². The molecule has 10 heteroatoms. The van der Waals surface area contributed by atoms with Gasteiger partial charge < -0.3 is 26.4 Å². The molecule has 0 saturated heterocycles. The highest BCUT2D eigenvalue weighted by molar-refractivity contribution is 6.11. The van der Waals surface area contributed by atoms with Gasteiger partial charge in [-0.25, -0.2) is 9.79 Å². The van der Waals surface area contributed by atoms with Crippen LogP contribution < -0.4 is 26.4 Å². The first-order chi connectivity index (χ1) is 19.2. The number of carbonyl (C=O) groups is 2. The highest BCUT2D eigenvalue weighted by Crippen LogP contribution is 2.38. The molecule has 10 nitrogen and oxygen atoms in total. The molecule has 0 bridgehead atoms. The van der Waals surface area contributed by atoms with Gasteiger partial charge in [-0.05, 0) is 62.7 Å². The minimum absolute atomic E-state index is 0.118. The monoisotopic (exact) mass is 537 g/mol. The second-order valence-electron chi connectivity index (χ2n) is 10.5. The molecule has 0 aliphatic carbocycles. The van der Waals surface area contributed by atoms with E-state index in [0.717, 1.165) is 11.1 Å². The number of ether oxygens (including phenoxy) is 1. The fraction of sp³-hybridized carbons (Fsp3) is 0.200. The van der Waals surface area contributed by atoms with E-state index in [4.69, 9.17) is 10.5 Å². The Morgan fingerprint density at radius 3 is 2.35 bits per heavy atom.